The third kappa shape index (κ3) is 5.68. The lowest BCUT2D eigenvalue weighted by molar-refractivity contribution is -0.128. The summed E-state index contributed by atoms with van der Waals surface area (Å²) >= 11 is 0. The average molecular weight is 350 g/mol. The molecule has 2 saturated heterocycles. The first kappa shape index (κ1) is 19.2. The fourth-order valence-electron chi connectivity index (χ4n) is 5.13. The van der Waals surface area contributed by atoms with Crippen molar-refractivity contribution in [2.24, 2.45) is 5.92 Å². The molecule has 2 heterocycles. The van der Waals surface area contributed by atoms with Gasteiger partial charge >= 0.3 is 0 Å². The van der Waals surface area contributed by atoms with Crippen LogP contribution in [0.5, 0.6) is 0 Å². The van der Waals surface area contributed by atoms with Crippen molar-refractivity contribution < 1.29 is 4.79 Å². The van der Waals surface area contributed by atoms with E-state index in [1.54, 1.807) is 0 Å². The van der Waals surface area contributed by atoms with Crippen LogP contribution in [-0.2, 0) is 4.79 Å². The maximum Gasteiger partial charge on any atom is 0.237 e. The summed E-state index contributed by atoms with van der Waals surface area (Å²) in [6, 6.07) is 0.537. The summed E-state index contributed by atoms with van der Waals surface area (Å²) in [5.74, 6) is 1.24. The van der Waals surface area contributed by atoms with Gasteiger partial charge in [-0.1, -0.05) is 32.6 Å². The molecule has 144 valence electrons. The molecular formula is C21H39N3O. The maximum absolute atomic E-state index is 12.8. The van der Waals surface area contributed by atoms with E-state index in [1.807, 2.05) is 0 Å². The maximum atomic E-state index is 12.8. The van der Waals surface area contributed by atoms with Crippen LogP contribution in [0.25, 0.3) is 0 Å². The molecule has 0 aromatic heterocycles. The molecule has 1 amide bonds. The minimum Gasteiger partial charge on any atom is -0.352 e. The van der Waals surface area contributed by atoms with Crippen LogP contribution in [0.1, 0.15) is 77.6 Å². The van der Waals surface area contributed by atoms with Gasteiger partial charge in [-0.15, -0.1) is 0 Å². The molecule has 4 nitrogen and oxygen atoms in total. The van der Waals surface area contributed by atoms with Crippen molar-refractivity contribution in [1.29, 1.82) is 0 Å². The van der Waals surface area contributed by atoms with Crippen LogP contribution in [0.15, 0.2) is 0 Å². The third-order valence-corrected chi connectivity index (χ3v) is 6.60. The molecule has 0 spiro atoms. The lowest BCUT2D eigenvalue weighted by Crippen LogP contribution is -2.54. The van der Waals surface area contributed by atoms with E-state index in [-0.39, 0.29) is 6.04 Å². The number of nitrogens with zero attached hydrogens (tertiary/aromatic N) is 2. The van der Waals surface area contributed by atoms with Gasteiger partial charge in [-0.2, -0.15) is 0 Å². The molecule has 0 aromatic rings. The predicted molar refractivity (Wildman–Crippen MR) is 104 cm³/mol. The van der Waals surface area contributed by atoms with Crippen molar-refractivity contribution in [2.45, 2.75) is 89.6 Å². The summed E-state index contributed by atoms with van der Waals surface area (Å²) in [6.45, 7) is 8.03. The summed E-state index contributed by atoms with van der Waals surface area (Å²) in [6.07, 6.45) is 14.1. The Kier molecular flexibility index (Phi) is 7.60. The van der Waals surface area contributed by atoms with E-state index in [2.05, 4.69) is 22.0 Å². The van der Waals surface area contributed by atoms with E-state index in [9.17, 15) is 4.79 Å². The highest BCUT2D eigenvalue weighted by atomic mass is 16.2. The van der Waals surface area contributed by atoms with Gasteiger partial charge in [0.15, 0.2) is 0 Å². The second kappa shape index (κ2) is 9.91. The molecule has 0 bridgehead atoms. The van der Waals surface area contributed by atoms with Crippen molar-refractivity contribution in [3.63, 3.8) is 0 Å². The monoisotopic (exact) mass is 349 g/mol. The van der Waals surface area contributed by atoms with Crippen molar-refractivity contribution in [3.05, 3.63) is 0 Å². The molecule has 0 aromatic carbocycles. The smallest absolute Gasteiger partial charge is 0.237 e. The van der Waals surface area contributed by atoms with Crippen molar-refractivity contribution in [2.75, 3.05) is 32.7 Å². The van der Waals surface area contributed by atoms with Crippen molar-refractivity contribution >= 4 is 5.91 Å². The molecule has 4 heteroatoms. The number of rotatable bonds is 6. The summed E-state index contributed by atoms with van der Waals surface area (Å²) in [5, 5.41) is 3.39. The largest absolute Gasteiger partial charge is 0.352 e. The fraction of sp³-hybridized carbons (Fsp3) is 0.952. The molecule has 3 aliphatic rings. The number of amides is 1. The zero-order chi connectivity index (χ0) is 17.5. The first-order chi connectivity index (χ1) is 12.3. The van der Waals surface area contributed by atoms with Crippen LogP contribution in [-0.4, -0.2) is 60.5 Å². The Morgan fingerprint density at radius 1 is 0.920 bits per heavy atom. The highest BCUT2D eigenvalue weighted by molar-refractivity contribution is 5.82. The normalized spacial score (nSPS) is 28.1. The zero-order valence-corrected chi connectivity index (χ0v) is 16.3. The lowest BCUT2D eigenvalue weighted by Gasteiger charge is -2.38. The molecule has 3 rings (SSSR count). The number of likely N-dealkylation sites (tertiary alicyclic amines) is 2. The van der Waals surface area contributed by atoms with Crippen LogP contribution in [0.4, 0.5) is 0 Å². The summed E-state index contributed by atoms with van der Waals surface area (Å²) in [5.41, 5.74) is 0. The molecule has 1 aliphatic carbocycles. The summed E-state index contributed by atoms with van der Waals surface area (Å²) in [4.78, 5) is 17.9. The van der Waals surface area contributed by atoms with Crippen LogP contribution in [0.3, 0.4) is 0 Å². The van der Waals surface area contributed by atoms with E-state index in [1.165, 1.54) is 64.6 Å². The zero-order valence-electron chi connectivity index (χ0n) is 16.3. The molecule has 25 heavy (non-hydrogen) atoms. The quantitative estimate of drug-likeness (QED) is 0.798. The minimum atomic E-state index is 0.133. The molecule has 1 atom stereocenters. The van der Waals surface area contributed by atoms with Crippen molar-refractivity contribution in [1.82, 2.24) is 15.1 Å². The Morgan fingerprint density at radius 2 is 1.64 bits per heavy atom. The van der Waals surface area contributed by atoms with Gasteiger partial charge in [-0.25, -0.2) is 0 Å². The number of piperidine rings is 2. The number of carbonyl (C=O) groups is 1. The molecule has 1 unspecified atom stereocenters. The Balaban J connectivity index is 1.39. The number of hydrogen-bond donors (Lipinski definition) is 1. The van der Waals surface area contributed by atoms with Crippen molar-refractivity contribution in [3.8, 4) is 0 Å². The van der Waals surface area contributed by atoms with Gasteiger partial charge in [-0.05, 0) is 64.0 Å². The van der Waals surface area contributed by atoms with Gasteiger partial charge in [0.1, 0.15) is 0 Å². The lowest BCUT2D eigenvalue weighted by atomic mass is 9.88. The van der Waals surface area contributed by atoms with Gasteiger partial charge in [0.05, 0.1) is 6.04 Å². The van der Waals surface area contributed by atoms with Gasteiger partial charge in [0, 0.05) is 25.7 Å². The molecule has 0 radical (unpaired) electrons. The SMILES string of the molecule is CCCN1CCCCC1C(=O)NC1CCN(CC2CCCCC2)CC1. The van der Waals surface area contributed by atoms with Crippen LogP contribution < -0.4 is 5.32 Å². The fourth-order valence-corrected chi connectivity index (χ4v) is 5.13. The van der Waals surface area contributed by atoms with Crippen LogP contribution in [0.2, 0.25) is 0 Å². The van der Waals surface area contributed by atoms with E-state index in [0.29, 0.717) is 11.9 Å². The first-order valence-corrected chi connectivity index (χ1v) is 11.0. The van der Waals surface area contributed by atoms with Crippen LogP contribution in [0, 0.1) is 5.92 Å². The summed E-state index contributed by atoms with van der Waals surface area (Å²) in [7, 11) is 0. The first-order valence-electron chi connectivity index (χ1n) is 11.0. The van der Waals surface area contributed by atoms with Gasteiger partial charge < -0.3 is 10.2 Å². The molecular weight excluding hydrogens is 310 g/mol. The Hall–Kier alpha value is -0.610. The Morgan fingerprint density at radius 3 is 2.36 bits per heavy atom. The highest BCUT2D eigenvalue weighted by Crippen LogP contribution is 2.25. The molecule has 3 fully saturated rings. The second-order valence-electron chi connectivity index (χ2n) is 8.64. The van der Waals surface area contributed by atoms with E-state index >= 15 is 0 Å². The Bertz CT molecular complexity index is 398. The van der Waals surface area contributed by atoms with E-state index < -0.39 is 0 Å². The molecule has 1 N–H and O–H groups in total. The number of hydrogen-bond acceptors (Lipinski definition) is 3. The van der Waals surface area contributed by atoms with Crippen LogP contribution >= 0.6 is 0 Å². The van der Waals surface area contributed by atoms with Gasteiger partial charge in [-0.3, -0.25) is 9.69 Å². The summed E-state index contributed by atoms with van der Waals surface area (Å²) < 4.78 is 0. The highest BCUT2D eigenvalue weighted by Gasteiger charge is 2.30. The third-order valence-electron chi connectivity index (χ3n) is 6.60. The average Bonchev–Trinajstić information content (AvgIpc) is 2.65. The number of nitrogens with one attached hydrogen (secondary N) is 1. The van der Waals surface area contributed by atoms with Gasteiger partial charge in [0.25, 0.3) is 0 Å². The molecule has 1 saturated carbocycles. The second-order valence-corrected chi connectivity index (χ2v) is 8.64. The van der Waals surface area contributed by atoms with E-state index in [4.69, 9.17) is 0 Å². The van der Waals surface area contributed by atoms with E-state index in [0.717, 1.165) is 44.7 Å². The Labute approximate surface area is 154 Å². The predicted octanol–water partition coefficient (Wildman–Crippen LogP) is 3.41. The molecule has 2 aliphatic heterocycles. The topological polar surface area (TPSA) is 35.6 Å². The minimum absolute atomic E-state index is 0.133. The standard InChI is InChI=1S/C21H39N3O/c1-2-13-24-14-7-6-10-20(24)21(25)22-19-11-15-23(16-12-19)17-18-8-4-3-5-9-18/h18-20H,2-17H2,1H3,(H,22,25). The van der Waals surface area contributed by atoms with Gasteiger partial charge in [0.2, 0.25) is 5.91 Å². The number of carbonyl (C=O) groups excluding carboxylic acids is 1.